The second-order valence-corrected chi connectivity index (χ2v) is 9.35. The van der Waals surface area contributed by atoms with Crippen molar-refractivity contribution < 1.29 is 0 Å². The lowest BCUT2D eigenvalue weighted by Gasteiger charge is -2.24. The van der Waals surface area contributed by atoms with Crippen LogP contribution in [-0.2, 0) is 13.1 Å². The van der Waals surface area contributed by atoms with E-state index in [0.29, 0.717) is 6.54 Å². The highest BCUT2D eigenvalue weighted by molar-refractivity contribution is 7.99. The quantitative estimate of drug-likeness (QED) is 0.418. The van der Waals surface area contributed by atoms with Gasteiger partial charge in [0.25, 0.3) is 0 Å². The van der Waals surface area contributed by atoms with Crippen molar-refractivity contribution in [3.8, 4) is 11.1 Å². The number of hydrogen-bond acceptors (Lipinski definition) is 3. The fourth-order valence-electron chi connectivity index (χ4n) is 3.11. The lowest BCUT2D eigenvalue weighted by atomic mass is 9.98. The highest BCUT2D eigenvalue weighted by atomic mass is 32.2. The van der Waals surface area contributed by atoms with Crippen molar-refractivity contribution in [1.29, 1.82) is 0 Å². The van der Waals surface area contributed by atoms with E-state index in [0.717, 1.165) is 19.0 Å². The predicted octanol–water partition coefficient (Wildman–Crippen LogP) is 4.41. The van der Waals surface area contributed by atoms with Gasteiger partial charge in [-0.05, 0) is 42.4 Å². The van der Waals surface area contributed by atoms with Crippen LogP contribution in [0.15, 0.2) is 72.2 Å². The first-order valence-electron chi connectivity index (χ1n) is 10.1. The Morgan fingerprint density at radius 2 is 1.87 bits per heavy atom. The summed E-state index contributed by atoms with van der Waals surface area (Å²) in [5.41, 5.74) is 4.95. The number of nitrogens with one attached hydrogen (secondary N) is 2. The molecule has 0 saturated carbocycles. The molecule has 0 aliphatic carbocycles. The number of nitrogens with zero attached hydrogens (tertiary/aromatic N) is 3. The maximum Gasteiger partial charge on any atom is 0.191 e. The molecule has 0 unspecified atom stereocenters. The first kappa shape index (κ1) is 22.0. The summed E-state index contributed by atoms with van der Waals surface area (Å²) in [6.07, 6.45) is 7.77. The summed E-state index contributed by atoms with van der Waals surface area (Å²) < 4.78 is 2.23. The van der Waals surface area contributed by atoms with Crippen LogP contribution in [0.5, 0.6) is 0 Å². The number of guanidine groups is 1. The number of aliphatic imine (C=N–C) groups is 1. The van der Waals surface area contributed by atoms with Gasteiger partial charge < -0.3 is 15.2 Å². The second kappa shape index (κ2) is 10.3. The Morgan fingerprint density at radius 1 is 1.10 bits per heavy atom. The molecule has 2 aromatic carbocycles. The lowest BCUT2D eigenvalue weighted by molar-refractivity contribution is 0.664. The zero-order valence-electron chi connectivity index (χ0n) is 18.2. The molecule has 3 aromatic rings. The molecule has 0 spiro atoms. The minimum Gasteiger partial charge on any atom is -0.355 e. The number of hydrogen-bond donors (Lipinski definition) is 2. The van der Waals surface area contributed by atoms with Gasteiger partial charge in [0.05, 0.1) is 6.33 Å². The van der Waals surface area contributed by atoms with Crippen LogP contribution in [0.1, 0.15) is 25.0 Å². The molecule has 0 bridgehead atoms. The fraction of sp³-hybridized carbons (Fsp3) is 0.333. The molecule has 158 valence electrons. The third kappa shape index (κ3) is 6.13. The van der Waals surface area contributed by atoms with E-state index in [1.54, 1.807) is 0 Å². The lowest BCUT2D eigenvalue weighted by Crippen LogP contribution is -2.43. The monoisotopic (exact) mass is 421 g/mol. The number of aromatic nitrogens is 2. The molecule has 0 saturated heterocycles. The van der Waals surface area contributed by atoms with Gasteiger partial charge in [-0.1, -0.05) is 48.5 Å². The molecule has 0 aliphatic rings. The van der Waals surface area contributed by atoms with Gasteiger partial charge in [0.2, 0.25) is 0 Å². The summed E-state index contributed by atoms with van der Waals surface area (Å²) in [7, 11) is 1.81. The van der Waals surface area contributed by atoms with Gasteiger partial charge in [-0.25, -0.2) is 4.98 Å². The van der Waals surface area contributed by atoms with Crippen LogP contribution in [-0.4, -0.2) is 40.1 Å². The first-order valence-corrected chi connectivity index (χ1v) is 11.4. The van der Waals surface area contributed by atoms with E-state index < -0.39 is 0 Å². The van der Waals surface area contributed by atoms with Crippen LogP contribution in [0.2, 0.25) is 0 Å². The molecule has 5 nitrogen and oxygen atoms in total. The maximum absolute atomic E-state index is 4.37. The normalized spacial score (nSPS) is 12.1. The minimum atomic E-state index is 0.161. The van der Waals surface area contributed by atoms with E-state index in [4.69, 9.17) is 0 Å². The number of benzene rings is 2. The molecule has 0 radical (unpaired) electrons. The Morgan fingerprint density at radius 3 is 2.53 bits per heavy atom. The Kier molecular flexibility index (Phi) is 7.57. The highest BCUT2D eigenvalue weighted by Crippen LogP contribution is 2.24. The van der Waals surface area contributed by atoms with E-state index in [2.05, 4.69) is 93.8 Å². The smallest absolute Gasteiger partial charge is 0.191 e. The average molecular weight is 422 g/mol. The molecule has 0 atom stereocenters. The predicted molar refractivity (Wildman–Crippen MR) is 129 cm³/mol. The highest BCUT2D eigenvalue weighted by Gasteiger charge is 2.16. The van der Waals surface area contributed by atoms with Gasteiger partial charge in [-0.15, -0.1) is 0 Å². The van der Waals surface area contributed by atoms with Gasteiger partial charge in [0.1, 0.15) is 0 Å². The zero-order chi connectivity index (χ0) is 21.4. The molecule has 0 aliphatic heterocycles. The molecule has 0 amide bonds. The van der Waals surface area contributed by atoms with Crippen molar-refractivity contribution in [2.45, 2.75) is 31.7 Å². The summed E-state index contributed by atoms with van der Waals surface area (Å²) in [5, 5.41) is 6.88. The van der Waals surface area contributed by atoms with E-state index in [9.17, 15) is 0 Å². The molecule has 3 rings (SSSR count). The number of thioether (sulfide) groups is 1. The Labute approximate surface area is 184 Å². The van der Waals surface area contributed by atoms with Crippen molar-refractivity contribution in [2.24, 2.45) is 4.99 Å². The summed E-state index contributed by atoms with van der Waals surface area (Å²) in [4.78, 5) is 8.48. The standard InChI is InChI=1S/C24H31N5S/c1-24(2,30-4)17-28-23(25-3)27-15-21-7-5-6-8-22(21)20-11-9-19(10-12-20)16-29-14-13-26-18-29/h5-14,18H,15-17H2,1-4H3,(H2,25,27,28). The van der Waals surface area contributed by atoms with E-state index in [1.165, 1.54) is 22.3 Å². The van der Waals surface area contributed by atoms with Gasteiger partial charge in [-0.2, -0.15) is 11.8 Å². The average Bonchev–Trinajstić information content (AvgIpc) is 3.28. The van der Waals surface area contributed by atoms with Gasteiger partial charge >= 0.3 is 0 Å². The summed E-state index contributed by atoms with van der Waals surface area (Å²) in [6, 6.07) is 17.3. The molecule has 0 fully saturated rings. The Balaban J connectivity index is 1.67. The molecular weight excluding hydrogens is 390 g/mol. The summed E-state index contributed by atoms with van der Waals surface area (Å²) in [6.45, 7) is 6.85. The zero-order valence-corrected chi connectivity index (χ0v) is 19.0. The number of rotatable bonds is 8. The van der Waals surface area contributed by atoms with E-state index >= 15 is 0 Å². The SMILES string of the molecule is CN=C(NCc1ccccc1-c1ccc(Cn2ccnc2)cc1)NCC(C)(C)SC. The Bertz CT molecular complexity index is 946. The van der Waals surface area contributed by atoms with E-state index in [-0.39, 0.29) is 4.75 Å². The number of imidazole rings is 1. The van der Waals surface area contributed by atoms with Crippen LogP contribution in [0, 0.1) is 0 Å². The van der Waals surface area contributed by atoms with Crippen molar-refractivity contribution in [3.63, 3.8) is 0 Å². The van der Waals surface area contributed by atoms with Crippen molar-refractivity contribution in [3.05, 3.63) is 78.4 Å². The van der Waals surface area contributed by atoms with Crippen molar-refractivity contribution >= 4 is 17.7 Å². The largest absolute Gasteiger partial charge is 0.355 e. The van der Waals surface area contributed by atoms with Gasteiger partial charge in [0.15, 0.2) is 5.96 Å². The van der Waals surface area contributed by atoms with Crippen LogP contribution in [0.3, 0.4) is 0 Å². The van der Waals surface area contributed by atoms with Crippen LogP contribution in [0.25, 0.3) is 11.1 Å². The topological polar surface area (TPSA) is 54.2 Å². The molecule has 30 heavy (non-hydrogen) atoms. The molecule has 1 aromatic heterocycles. The van der Waals surface area contributed by atoms with Gasteiger partial charge in [-0.3, -0.25) is 4.99 Å². The maximum atomic E-state index is 4.37. The minimum absolute atomic E-state index is 0.161. The van der Waals surface area contributed by atoms with E-state index in [1.807, 2.05) is 37.5 Å². The van der Waals surface area contributed by atoms with Crippen molar-refractivity contribution in [2.75, 3.05) is 19.8 Å². The summed E-state index contributed by atoms with van der Waals surface area (Å²) >= 11 is 1.85. The van der Waals surface area contributed by atoms with Crippen LogP contribution >= 0.6 is 11.8 Å². The Hall–Kier alpha value is -2.73. The van der Waals surface area contributed by atoms with Crippen LogP contribution < -0.4 is 10.6 Å². The van der Waals surface area contributed by atoms with Crippen molar-refractivity contribution in [1.82, 2.24) is 20.2 Å². The molecule has 2 N–H and O–H groups in total. The second-order valence-electron chi connectivity index (χ2n) is 7.83. The van der Waals surface area contributed by atoms with Gasteiger partial charge in [0, 0.05) is 43.8 Å². The molecule has 6 heteroatoms. The first-order chi connectivity index (χ1) is 14.5. The molecule has 1 heterocycles. The third-order valence-electron chi connectivity index (χ3n) is 5.11. The summed E-state index contributed by atoms with van der Waals surface area (Å²) in [5.74, 6) is 0.822. The van der Waals surface area contributed by atoms with Crippen LogP contribution in [0.4, 0.5) is 0 Å². The fourth-order valence-corrected chi connectivity index (χ4v) is 3.32. The molecular formula is C24H31N5S. The third-order valence-corrected chi connectivity index (χ3v) is 6.36.